The number of nitrogens with one attached hydrogen (secondary N) is 6. The van der Waals surface area contributed by atoms with Gasteiger partial charge < -0.3 is 71.4 Å². The second kappa shape index (κ2) is 26.5. The van der Waals surface area contributed by atoms with E-state index in [-0.39, 0.29) is 76.0 Å². The summed E-state index contributed by atoms with van der Waals surface area (Å²) in [6.45, 7) is 4.75. The number of hydrogen-bond donors (Lipinski definition) is 13. The van der Waals surface area contributed by atoms with E-state index in [4.69, 9.17) is 34.4 Å². The van der Waals surface area contributed by atoms with E-state index in [1.165, 1.54) is 6.92 Å². The number of carboxylic acid groups (broad SMARTS) is 1. The van der Waals surface area contributed by atoms with Gasteiger partial charge in [0, 0.05) is 13.1 Å². The first kappa shape index (κ1) is 47.8. The summed E-state index contributed by atoms with van der Waals surface area (Å²) in [5, 5.41) is 24.6. The number of nitrogens with two attached hydrogens (primary N) is 6. The number of guanidine groups is 2. The van der Waals surface area contributed by atoms with E-state index in [1.54, 1.807) is 13.8 Å². The van der Waals surface area contributed by atoms with E-state index >= 15 is 0 Å². The smallest absolute Gasteiger partial charge is 0.326 e. The molecule has 5 atom stereocenters. The van der Waals surface area contributed by atoms with Gasteiger partial charge in [-0.3, -0.25) is 38.8 Å². The van der Waals surface area contributed by atoms with E-state index in [2.05, 4.69) is 41.9 Å². The third kappa shape index (κ3) is 22.3. The highest BCUT2D eigenvalue weighted by Gasteiger charge is 2.31. The van der Waals surface area contributed by atoms with Gasteiger partial charge in [-0.2, -0.15) is 0 Å². The molecule has 22 heteroatoms. The topological polar surface area (TPSA) is 393 Å². The average molecular weight is 757 g/mol. The zero-order valence-corrected chi connectivity index (χ0v) is 30.8. The molecule has 0 saturated heterocycles. The molecular formula is C31H60N14O8. The first-order valence-corrected chi connectivity index (χ1v) is 17.4. The summed E-state index contributed by atoms with van der Waals surface area (Å²) >= 11 is 0. The highest BCUT2D eigenvalue weighted by Crippen LogP contribution is 2.09. The predicted octanol–water partition coefficient (Wildman–Crippen LogP) is -5.13. The SMILES string of the molecule is CC(C)C[C@H](NC(=O)[C@H](CCCN=C(N)N)NC(=O)[C@H](CCCN=C(N)N)NC(=O)[C@H](C)NC(=O)[C@H](CCCCN)NC(=O)CNC(=O)CN)C(=O)O. The van der Waals surface area contributed by atoms with Gasteiger partial charge in [-0.15, -0.1) is 0 Å². The molecule has 0 aliphatic rings. The first-order valence-electron chi connectivity index (χ1n) is 17.4. The highest BCUT2D eigenvalue weighted by molar-refractivity contribution is 5.96. The highest BCUT2D eigenvalue weighted by atomic mass is 16.4. The van der Waals surface area contributed by atoms with Crippen LogP contribution in [0.15, 0.2) is 9.98 Å². The Balaban J connectivity index is 6.05. The Morgan fingerprint density at radius 1 is 0.585 bits per heavy atom. The molecule has 0 bridgehead atoms. The van der Waals surface area contributed by atoms with Gasteiger partial charge in [0.05, 0.1) is 13.1 Å². The minimum absolute atomic E-state index is 0.00521. The third-order valence-corrected chi connectivity index (χ3v) is 7.46. The van der Waals surface area contributed by atoms with Crippen LogP contribution in [0.3, 0.4) is 0 Å². The molecule has 0 aromatic carbocycles. The number of nitrogens with zero attached hydrogens (tertiary/aromatic N) is 2. The maximum atomic E-state index is 13.7. The van der Waals surface area contributed by atoms with Crippen LogP contribution in [0.1, 0.15) is 72.1 Å². The standard InChI is InChI=1S/C31H60N14O8/c1-17(2)14-22(29(52)53)45-28(51)21(10-7-13-39-31(36)37)44-27(50)20(9-6-12-38-30(34)35)43-25(48)18(3)41-26(49)19(8-4-5-11-32)42-24(47)16-40-23(46)15-33/h17-22H,4-16,32-33H2,1-3H3,(H,40,46)(H,41,49)(H,42,47)(H,43,48)(H,44,50)(H,45,51)(H,52,53)(H4,34,35,38)(H4,36,37,39)/t18-,19-,20-,21-,22-/m0/s1. The van der Waals surface area contributed by atoms with E-state index in [9.17, 15) is 38.7 Å². The summed E-state index contributed by atoms with van der Waals surface area (Å²) in [5.41, 5.74) is 32.4. The molecule has 53 heavy (non-hydrogen) atoms. The number of rotatable bonds is 27. The Hall–Kier alpha value is -5.25. The number of amides is 6. The number of hydrogen-bond acceptors (Lipinski definition) is 11. The fourth-order valence-electron chi connectivity index (χ4n) is 4.72. The first-order chi connectivity index (χ1) is 24.9. The molecule has 0 aliphatic heterocycles. The largest absolute Gasteiger partial charge is 0.480 e. The zero-order valence-electron chi connectivity index (χ0n) is 30.8. The zero-order chi connectivity index (χ0) is 40.5. The lowest BCUT2D eigenvalue weighted by molar-refractivity contribution is -0.143. The Bertz CT molecular complexity index is 1270. The Morgan fingerprint density at radius 3 is 1.49 bits per heavy atom. The molecule has 0 rings (SSSR count). The Morgan fingerprint density at radius 2 is 1.04 bits per heavy atom. The van der Waals surface area contributed by atoms with Gasteiger partial charge in [0.25, 0.3) is 0 Å². The average Bonchev–Trinajstić information content (AvgIpc) is 3.08. The fraction of sp³-hybridized carbons (Fsp3) is 0.710. The van der Waals surface area contributed by atoms with E-state index in [1.807, 2.05) is 0 Å². The van der Waals surface area contributed by atoms with Gasteiger partial charge in [0.1, 0.15) is 30.2 Å². The van der Waals surface area contributed by atoms with Gasteiger partial charge in [-0.05, 0) is 70.8 Å². The van der Waals surface area contributed by atoms with E-state index < -0.39 is 78.2 Å². The molecule has 0 fully saturated rings. The number of carboxylic acids is 1. The van der Waals surface area contributed by atoms with Crippen LogP contribution >= 0.6 is 0 Å². The molecule has 0 aromatic heterocycles. The molecule has 0 aliphatic carbocycles. The Kier molecular flexibility index (Phi) is 23.9. The van der Waals surface area contributed by atoms with Crippen molar-refractivity contribution in [2.75, 3.05) is 32.7 Å². The van der Waals surface area contributed by atoms with Crippen molar-refractivity contribution in [2.24, 2.45) is 50.3 Å². The van der Waals surface area contributed by atoms with Crippen molar-refractivity contribution >= 4 is 53.3 Å². The van der Waals surface area contributed by atoms with E-state index in [0.29, 0.717) is 19.4 Å². The molecule has 302 valence electrons. The summed E-state index contributed by atoms with van der Waals surface area (Å²) in [7, 11) is 0. The predicted molar refractivity (Wildman–Crippen MR) is 197 cm³/mol. The van der Waals surface area contributed by atoms with Crippen molar-refractivity contribution in [3.8, 4) is 0 Å². The normalized spacial score (nSPS) is 13.5. The molecule has 0 heterocycles. The van der Waals surface area contributed by atoms with Crippen molar-refractivity contribution < 1.29 is 38.7 Å². The van der Waals surface area contributed by atoms with Gasteiger partial charge >= 0.3 is 5.97 Å². The summed E-state index contributed by atoms with van der Waals surface area (Å²) in [6.07, 6.45) is 1.77. The quantitative estimate of drug-likeness (QED) is 0.0212. The number of carbonyl (C=O) groups is 7. The summed E-state index contributed by atoms with van der Waals surface area (Å²) in [6, 6.07) is -6.03. The minimum Gasteiger partial charge on any atom is -0.480 e. The van der Waals surface area contributed by atoms with Crippen molar-refractivity contribution in [3.63, 3.8) is 0 Å². The summed E-state index contributed by atoms with van der Waals surface area (Å²) in [4.78, 5) is 97.0. The fourth-order valence-corrected chi connectivity index (χ4v) is 4.72. The van der Waals surface area contributed by atoms with Gasteiger partial charge in [0.15, 0.2) is 11.9 Å². The Labute approximate surface area is 309 Å². The lowest BCUT2D eigenvalue weighted by Gasteiger charge is -2.26. The van der Waals surface area contributed by atoms with E-state index in [0.717, 1.165) is 0 Å². The van der Waals surface area contributed by atoms with Crippen molar-refractivity contribution in [1.29, 1.82) is 0 Å². The van der Waals surface area contributed by atoms with Crippen LogP contribution < -0.4 is 66.3 Å². The maximum absolute atomic E-state index is 13.7. The maximum Gasteiger partial charge on any atom is 0.326 e. The summed E-state index contributed by atoms with van der Waals surface area (Å²) < 4.78 is 0. The molecule has 0 aromatic rings. The lowest BCUT2D eigenvalue weighted by Crippen LogP contribution is -2.58. The number of unbranched alkanes of at least 4 members (excludes halogenated alkanes) is 1. The van der Waals surface area contributed by atoms with Crippen LogP contribution in [-0.4, -0.2) is 121 Å². The summed E-state index contributed by atoms with van der Waals surface area (Å²) in [5.74, 6) is -5.96. The molecule has 6 amide bonds. The second-order valence-electron chi connectivity index (χ2n) is 12.7. The van der Waals surface area contributed by atoms with Crippen LogP contribution in [0, 0.1) is 5.92 Å². The molecule has 0 unspecified atom stereocenters. The minimum atomic E-state index is -1.26. The van der Waals surface area contributed by atoms with Crippen molar-refractivity contribution in [3.05, 3.63) is 0 Å². The number of aliphatic imine (C=N–C) groups is 2. The number of carbonyl (C=O) groups excluding carboxylic acids is 6. The van der Waals surface area contributed by atoms with Gasteiger partial charge in [0.2, 0.25) is 35.4 Å². The monoisotopic (exact) mass is 756 g/mol. The molecule has 0 radical (unpaired) electrons. The van der Waals surface area contributed by atoms with Crippen LogP contribution in [0.4, 0.5) is 0 Å². The van der Waals surface area contributed by atoms with Crippen LogP contribution in [-0.2, 0) is 33.6 Å². The molecule has 22 nitrogen and oxygen atoms in total. The van der Waals surface area contributed by atoms with Gasteiger partial charge in [-0.25, -0.2) is 4.79 Å². The lowest BCUT2D eigenvalue weighted by atomic mass is 10.0. The molecule has 0 saturated carbocycles. The van der Waals surface area contributed by atoms with Gasteiger partial charge in [-0.1, -0.05) is 13.8 Å². The van der Waals surface area contributed by atoms with Crippen LogP contribution in [0.2, 0.25) is 0 Å². The van der Waals surface area contributed by atoms with Crippen molar-refractivity contribution in [1.82, 2.24) is 31.9 Å². The van der Waals surface area contributed by atoms with Crippen LogP contribution in [0.5, 0.6) is 0 Å². The number of aliphatic carboxylic acids is 1. The van der Waals surface area contributed by atoms with Crippen molar-refractivity contribution in [2.45, 2.75) is 102 Å². The third-order valence-electron chi connectivity index (χ3n) is 7.46. The molecular weight excluding hydrogens is 696 g/mol. The molecule has 19 N–H and O–H groups in total. The second-order valence-corrected chi connectivity index (χ2v) is 12.7. The molecule has 0 spiro atoms. The van der Waals surface area contributed by atoms with Crippen LogP contribution in [0.25, 0.3) is 0 Å².